The summed E-state index contributed by atoms with van der Waals surface area (Å²) >= 11 is 0. The van der Waals surface area contributed by atoms with E-state index in [9.17, 15) is 0 Å². The van der Waals surface area contributed by atoms with Gasteiger partial charge >= 0.3 is 0 Å². The van der Waals surface area contributed by atoms with Gasteiger partial charge < -0.3 is 0 Å². The largest absolute Gasteiger partial charge is 0.0974 e. The molecule has 0 unspecified atom stereocenters. The molecular formula is C28H56Si. The highest BCUT2D eigenvalue weighted by Gasteiger charge is 2.02. The number of hydrogen-bond acceptors (Lipinski definition) is 0. The summed E-state index contributed by atoms with van der Waals surface area (Å²) in [6.07, 6.45) is 33.3. The van der Waals surface area contributed by atoms with Crippen molar-refractivity contribution in [1.82, 2.24) is 0 Å². The van der Waals surface area contributed by atoms with Crippen LogP contribution in [0, 0.1) is 0 Å². The molecule has 0 radical (unpaired) electrons. The van der Waals surface area contributed by atoms with Crippen LogP contribution in [0.3, 0.4) is 0 Å². The third-order valence-corrected chi connectivity index (χ3v) is 8.71. The number of hydrogen-bond donors (Lipinski definition) is 0. The molecule has 0 atom stereocenters. The summed E-state index contributed by atoms with van der Waals surface area (Å²) in [6, 6.07) is 1.49. The lowest BCUT2D eigenvalue weighted by Gasteiger charge is -2.07. The minimum absolute atomic E-state index is 0.795. The van der Waals surface area contributed by atoms with Crippen molar-refractivity contribution >= 4 is 8.80 Å². The lowest BCUT2D eigenvalue weighted by atomic mass is 10.1. The van der Waals surface area contributed by atoms with Gasteiger partial charge in [0.1, 0.15) is 0 Å². The summed E-state index contributed by atoms with van der Waals surface area (Å²) in [6.45, 7) is 6.91. The number of unbranched alkanes of at least 4 members (excludes halogenated alkanes) is 17. The van der Waals surface area contributed by atoms with Gasteiger partial charge in [-0.15, -0.1) is 0 Å². The molecule has 0 aliphatic carbocycles. The Bertz CT molecular complexity index is 320. The van der Waals surface area contributed by atoms with Gasteiger partial charge in [-0.3, -0.25) is 0 Å². The van der Waals surface area contributed by atoms with Crippen molar-refractivity contribution in [2.75, 3.05) is 0 Å². The van der Waals surface area contributed by atoms with Crippen LogP contribution < -0.4 is 0 Å². The molecule has 0 amide bonds. The summed E-state index contributed by atoms with van der Waals surface area (Å²) in [4.78, 5) is 0. The van der Waals surface area contributed by atoms with E-state index in [4.69, 9.17) is 0 Å². The first-order valence-corrected chi connectivity index (χ1v) is 15.8. The van der Waals surface area contributed by atoms with Crippen molar-refractivity contribution in [3.8, 4) is 0 Å². The van der Waals surface area contributed by atoms with Crippen LogP contribution in [0.5, 0.6) is 0 Å². The average Bonchev–Trinajstić information content (AvgIpc) is 2.73. The standard InChI is InChI=1S/C28H56Si/c1-4-7-10-13-16-19-22-25-28-29(26-23-20-17-14-11-8-5-2)27-24-21-18-15-12-9-6-3/h23-24,26-27,29H,4-22,25,28H2,1-3H3/b26-23+,27-24+. The minimum Gasteiger partial charge on any atom is -0.0974 e. The number of rotatable bonds is 23. The van der Waals surface area contributed by atoms with Crippen molar-refractivity contribution in [2.24, 2.45) is 0 Å². The summed E-state index contributed by atoms with van der Waals surface area (Å²) in [5.74, 6) is 0. The third kappa shape index (κ3) is 23.8. The lowest BCUT2D eigenvalue weighted by Crippen LogP contribution is -2.05. The molecule has 0 aromatic carbocycles. The van der Waals surface area contributed by atoms with E-state index in [1.165, 1.54) is 134 Å². The zero-order valence-electron chi connectivity index (χ0n) is 20.7. The predicted octanol–water partition coefficient (Wildman–Crippen LogP) is 10.3. The first kappa shape index (κ1) is 28.7. The van der Waals surface area contributed by atoms with Crippen molar-refractivity contribution in [2.45, 2.75) is 155 Å². The summed E-state index contributed by atoms with van der Waals surface area (Å²) in [5.41, 5.74) is 5.32. The quantitative estimate of drug-likeness (QED) is 0.114. The van der Waals surface area contributed by atoms with Crippen LogP contribution in [-0.4, -0.2) is 8.80 Å². The molecular weight excluding hydrogens is 364 g/mol. The monoisotopic (exact) mass is 420 g/mol. The molecule has 0 aromatic rings. The molecule has 0 aliphatic rings. The molecule has 1 heteroatoms. The van der Waals surface area contributed by atoms with E-state index in [-0.39, 0.29) is 0 Å². The van der Waals surface area contributed by atoms with E-state index in [0.717, 1.165) is 0 Å². The van der Waals surface area contributed by atoms with Gasteiger partial charge in [0.05, 0.1) is 8.80 Å². The van der Waals surface area contributed by atoms with Gasteiger partial charge in [0.15, 0.2) is 0 Å². The second-order valence-corrected chi connectivity index (χ2v) is 11.9. The Morgan fingerprint density at radius 2 is 0.759 bits per heavy atom. The summed E-state index contributed by atoms with van der Waals surface area (Å²) in [7, 11) is -0.795. The number of allylic oxidation sites excluding steroid dienone is 2. The Hall–Kier alpha value is -0.303. The molecule has 0 spiro atoms. The van der Waals surface area contributed by atoms with Gasteiger partial charge in [0.25, 0.3) is 0 Å². The first-order chi connectivity index (χ1) is 14.3. The Labute approximate surface area is 187 Å². The second kappa shape index (κ2) is 25.7. The topological polar surface area (TPSA) is 0 Å². The van der Waals surface area contributed by atoms with E-state index in [0.29, 0.717) is 0 Å². The molecule has 0 saturated heterocycles. The molecule has 172 valence electrons. The molecule has 0 aliphatic heterocycles. The molecule has 0 rings (SSSR count). The van der Waals surface area contributed by atoms with Gasteiger partial charge in [0, 0.05) is 0 Å². The molecule has 29 heavy (non-hydrogen) atoms. The van der Waals surface area contributed by atoms with E-state index in [1.54, 1.807) is 0 Å². The zero-order valence-corrected chi connectivity index (χ0v) is 21.9. The van der Waals surface area contributed by atoms with Crippen molar-refractivity contribution < 1.29 is 0 Å². The Morgan fingerprint density at radius 1 is 0.414 bits per heavy atom. The average molecular weight is 421 g/mol. The molecule has 0 fully saturated rings. The smallest absolute Gasteiger partial charge is 0.0844 e. The minimum atomic E-state index is -0.795. The van der Waals surface area contributed by atoms with Gasteiger partial charge in [-0.25, -0.2) is 0 Å². The highest BCUT2D eigenvalue weighted by atomic mass is 28.3. The van der Waals surface area contributed by atoms with Gasteiger partial charge in [-0.2, -0.15) is 0 Å². The van der Waals surface area contributed by atoms with Gasteiger partial charge in [-0.1, -0.05) is 153 Å². The fraction of sp³-hybridized carbons (Fsp3) is 0.857. The predicted molar refractivity (Wildman–Crippen MR) is 140 cm³/mol. The lowest BCUT2D eigenvalue weighted by molar-refractivity contribution is 0.584. The third-order valence-electron chi connectivity index (χ3n) is 6.11. The maximum Gasteiger partial charge on any atom is 0.0844 e. The van der Waals surface area contributed by atoms with Crippen LogP contribution in [0.1, 0.15) is 149 Å². The molecule has 0 saturated carbocycles. The Balaban J connectivity index is 4.03. The van der Waals surface area contributed by atoms with E-state index < -0.39 is 8.80 Å². The molecule has 0 aromatic heterocycles. The van der Waals surface area contributed by atoms with Crippen LogP contribution >= 0.6 is 0 Å². The van der Waals surface area contributed by atoms with Crippen LogP contribution in [0.15, 0.2) is 23.6 Å². The second-order valence-electron chi connectivity index (χ2n) is 9.19. The van der Waals surface area contributed by atoms with Crippen molar-refractivity contribution in [3.63, 3.8) is 0 Å². The van der Waals surface area contributed by atoms with E-state index in [2.05, 4.69) is 44.3 Å². The Morgan fingerprint density at radius 3 is 1.17 bits per heavy atom. The Kier molecular flexibility index (Phi) is 25.5. The van der Waals surface area contributed by atoms with Crippen molar-refractivity contribution in [3.05, 3.63) is 23.6 Å². The van der Waals surface area contributed by atoms with Crippen LogP contribution in [0.25, 0.3) is 0 Å². The highest BCUT2D eigenvalue weighted by molar-refractivity contribution is 6.69. The maximum absolute atomic E-state index is 2.66. The molecule has 0 heterocycles. The van der Waals surface area contributed by atoms with Crippen LogP contribution in [0.2, 0.25) is 6.04 Å². The summed E-state index contributed by atoms with van der Waals surface area (Å²) in [5, 5.41) is 0. The fourth-order valence-electron chi connectivity index (χ4n) is 4.04. The summed E-state index contributed by atoms with van der Waals surface area (Å²) < 4.78 is 0. The van der Waals surface area contributed by atoms with Crippen LogP contribution in [0.4, 0.5) is 0 Å². The fourth-order valence-corrected chi connectivity index (χ4v) is 6.40. The van der Waals surface area contributed by atoms with Gasteiger partial charge in [-0.05, 0) is 25.7 Å². The van der Waals surface area contributed by atoms with Crippen LogP contribution in [-0.2, 0) is 0 Å². The maximum atomic E-state index is 2.66. The highest BCUT2D eigenvalue weighted by Crippen LogP contribution is 2.13. The molecule has 0 bridgehead atoms. The van der Waals surface area contributed by atoms with Crippen molar-refractivity contribution in [1.29, 1.82) is 0 Å². The van der Waals surface area contributed by atoms with E-state index in [1.807, 2.05) is 0 Å². The zero-order chi connectivity index (χ0) is 21.3. The first-order valence-electron chi connectivity index (χ1n) is 13.7. The van der Waals surface area contributed by atoms with E-state index >= 15 is 0 Å². The van der Waals surface area contributed by atoms with Gasteiger partial charge in [0.2, 0.25) is 0 Å². The SMILES string of the molecule is CCCCCCC/C=C/[SiH](/C=C/CCCCCCC)CCCCCCCCCC. The molecule has 0 nitrogen and oxygen atoms in total. The normalized spacial score (nSPS) is 12.1. The molecule has 0 N–H and O–H groups in total.